The Morgan fingerprint density at radius 2 is 2.10 bits per heavy atom. The maximum absolute atomic E-state index is 12.5. The summed E-state index contributed by atoms with van der Waals surface area (Å²) in [5.74, 6) is 0.699. The van der Waals surface area contributed by atoms with Crippen molar-refractivity contribution in [3.63, 3.8) is 0 Å². The number of hydrogen-bond acceptors (Lipinski definition) is 3. The Hall–Kier alpha value is -1.91. The minimum absolute atomic E-state index is 0.115. The third-order valence-corrected chi connectivity index (χ3v) is 4.66. The Morgan fingerprint density at radius 1 is 1.33 bits per heavy atom. The van der Waals surface area contributed by atoms with E-state index in [0.717, 1.165) is 17.5 Å². The van der Waals surface area contributed by atoms with Crippen LogP contribution in [0.15, 0.2) is 24.3 Å². The average molecular weight is 286 g/mol. The number of rotatable bonds is 3. The number of nitrogens with zero attached hydrogens (tertiary/aromatic N) is 4. The Kier molecular flexibility index (Phi) is 3.90. The molecule has 1 aliphatic rings. The first kappa shape index (κ1) is 14.0. The van der Waals surface area contributed by atoms with Crippen molar-refractivity contribution in [1.29, 1.82) is 0 Å². The highest BCUT2D eigenvalue weighted by Gasteiger charge is 2.28. The molecule has 5 heteroatoms. The van der Waals surface area contributed by atoms with Gasteiger partial charge in [0.2, 0.25) is 5.91 Å². The van der Waals surface area contributed by atoms with E-state index in [2.05, 4.69) is 17.2 Å². The maximum Gasteiger partial charge on any atom is 0.244 e. The minimum atomic E-state index is 0.115. The van der Waals surface area contributed by atoms with Gasteiger partial charge in [0.1, 0.15) is 12.1 Å². The lowest BCUT2D eigenvalue weighted by Crippen LogP contribution is -2.44. The summed E-state index contributed by atoms with van der Waals surface area (Å²) in [7, 11) is 1.92. The lowest BCUT2D eigenvalue weighted by Gasteiger charge is -2.36. The van der Waals surface area contributed by atoms with E-state index in [4.69, 9.17) is 0 Å². The van der Waals surface area contributed by atoms with Crippen LogP contribution in [0.25, 0.3) is 11.0 Å². The average Bonchev–Trinajstić information content (AvgIpc) is 2.90. The van der Waals surface area contributed by atoms with E-state index in [9.17, 15) is 4.79 Å². The largest absolute Gasteiger partial charge is 0.341 e. The van der Waals surface area contributed by atoms with Gasteiger partial charge in [-0.3, -0.25) is 4.79 Å². The molecule has 0 spiro atoms. The highest BCUT2D eigenvalue weighted by Crippen LogP contribution is 2.27. The van der Waals surface area contributed by atoms with Gasteiger partial charge in [-0.2, -0.15) is 0 Å². The molecule has 2 aromatic rings. The Labute approximate surface area is 124 Å². The van der Waals surface area contributed by atoms with E-state index in [1.165, 1.54) is 19.3 Å². The Bertz CT molecular complexity index is 636. The molecule has 5 nitrogen and oxygen atoms in total. The molecule has 2 atom stereocenters. The van der Waals surface area contributed by atoms with Gasteiger partial charge in [0.05, 0.1) is 5.52 Å². The lowest BCUT2D eigenvalue weighted by molar-refractivity contribution is -0.134. The van der Waals surface area contributed by atoms with Crippen LogP contribution >= 0.6 is 0 Å². The molecule has 0 bridgehead atoms. The van der Waals surface area contributed by atoms with Crippen LogP contribution in [0.4, 0.5) is 0 Å². The van der Waals surface area contributed by atoms with E-state index in [1.807, 2.05) is 36.2 Å². The van der Waals surface area contributed by atoms with E-state index in [1.54, 1.807) is 4.68 Å². The fraction of sp³-hybridized carbons (Fsp3) is 0.562. The number of aromatic nitrogens is 3. The third-order valence-electron chi connectivity index (χ3n) is 4.66. The zero-order valence-electron chi connectivity index (χ0n) is 12.7. The molecule has 112 valence electrons. The first-order chi connectivity index (χ1) is 10.2. The molecule has 1 heterocycles. The number of likely N-dealkylation sites (N-methyl/N-ethyl adjacent to an activating group) is 1. The molecular weight excluding hydrogens is 264 g/mol. The molecule has 21 heavy (non-hydrogen) atoms. The van der Waals surface area contributed by atoms with Crippen molar-refractivity contribution in [2.24, 2.45) is 5.92 Å². The molecule has 0 N–H and O–H groups in total. The molecule has 1 fully saturated rings. The van der Waals surface area contributed by atoms with Crippen molar-refractivity contribution >= 4 is 16.9 Å². The normalized spacial score (nSPS) is 22.4. The van der Waals surface area contributed by atoms with Crippen LogP contribution in [0.5, 0.6) is 0 Å². The quantitative estimate of drug-likeness (QED) is 0.871. The van der Waals surface area contributed by atoms with Gasteiger partial charge in [0.15, 0.2) is 0 Å². The van der Waals surface area contributed by atoms with Gasteiger partial charge in [-0.1, -0.05) is 37.1 Å². The number of hydrogen-bond donors (Lipinski definition) is 0. The molecule has 1 amide bonds. The van der Waals surface area contributed by atoms with Gasteiger partial charge in [0, 0.05) is 13.1 Å². The zero-order chi connectivity index (χ0) is 14.8. The first-order valence-corrected chi connectivity index (χ1v) is 7.70. The van der Waals surface area contributed by atoms with Crippen molar-refractivity contribution in [1.82, 2.24) is 19.9 Å². The predicted molar refractivity (Wildman–Crippen MR) is 81.7 cm³/mol. The van der Waals surface area contributed by atoms with E-state index in [0.29, 0.717) is 12.0 Å². The maximum atomic E-state index is 12.5. The molecular formula is C16H22N4O. The summed E-state index contributed by atoms with van der Waals surface area (Å²) in [6.45, 7) is 2.51. The van der Waals surface area contributed by atoms with Gasteiger partial charge in [0.25, 0.3) is 0 Å². The monoisotopic (exact) mass is 286 g/mol. The van der Waals surface area contributed by atoms with Gasteiger partial charge in [-0.05, 0) is 30.9 Å². The molecule has 1 saturated carbocycles. The molecule has 1 aromatic carbocycles. The Morgan fingerprint density at radius 3 is 2.90 bits per heavy atom. The second kappa shape index (κ2) is 5.84. The van der Waals surface area contributed by atoms with E-state index >= 15 is 0 Å². The lowest BCUT2D eigenvalue weighted by atomic mass is 9.85. The molecule has 0 saturated heterocycles. The second-order valence-electron chi connectivity index (χ2n) is 6.07. The zero-order valence-corrected chi connectivity index (χ0v) is 12.7. The molecule has 0 aliphatic heterocycles. The topological polar surface area (TPSA) is 51.0 Å². The SMILES string of the molecule is CC1CCCCC1N(C)C(=O)Cn1nnc2ccccc21. The summed E-state index contributed by atoms with van der Waals surface area (Å²) in [4.78, 5) is 14.5. The summed E-state index contributed by atoms with van der Waals surface area (Å²) in [6, 6.07) is 8.10. The van der Waals surface area contributed by atoms with Gasteiger partial charge in [-0.25, -0.2) is 4.68 Å². The van der Waals surface area contributed by atoms with Crippen molar-refractivity contribution in [2.45, 2.75) is 45.2 Å². The molecule has 1 aliphatic carbocycles. The highest BCUT2D eigenvalue weighted by atomic mass is 16.2. The van der Waals surface area contributed by atoms with Gasteiger partial charge in [-0.15, -0.1) is 5.10 Å². The van der Waals surface area contributed by atoms with E-state index < -0.39 is 0 Å². The summed E-state index contributed by atoms with van der Waals surface area (Å²) < 4.78 is 1.70. The summed E-state index contributed by atoms with van der Waals surface area (Å²) in [5, 5.41) is 8.20. The number of carbonyl (C=O) groups is 1. The third kappa shape index (κ3) is 2.77. The fourth-order valence-corrected chi connectivity index (χ4v) is 3.33. The minimum Gasteiger partial charge on any atom is -0.341 e. The number of carbonyl (C=O) groups excluding carboxylic acids is 1. The number of fused-ring (bicyclic) bond motifs is 1. The molecule has 0 radical (unpaired) electrons. The predicted octanol–water partition coefficient (Wildman–Crippen LogP) is 2.47. The van der Waals surface area contributed by atoms with Crippen molar-refractivity contribution < 1.29 is 4.79 Å². The van der Waals surface area contributed by atoms with Crippen molar-refractivity contribution in [2.75, 3.05) is 7.05 Å². The summed E-state index contributed by atoms with van der Waals surface area (Å²) >= 11 is 0. The highest BCUT2D eigenvalue weighted by molar-refractivity contribution is 5.79. The van der Waals surface area contributed by atoms with Crippen LogP contribution in [-0.4, -0.2) is 38.9 Å². The standard InChI is InChI=1S/C16H22N4O/c1-12-7-3-5-9-14(12)19(2)16(21)11-20-15-10-6-4-8-13(15)17-18-20/h4,6,8,10,12,14H,3,5,7,9,11H2,1-2H3. The summed E-state index contributed by atoms with van der Waals surface area (Å²) in [6.07, 6.45) is 4.84. The molecule has 1 aromatic heterocycles. The number of benzene rings is 1. The van der Waals surface area contributed by atoms with Crippen LogP contribution in [0, 0.1) is 5.92 Å². The Balaban J connectivity index is 1.73. The van der Waals surface area contributed by atoms with Crippen LogP contribution < -0.4 is 0 Å². The molecule has 3 rings (SSSR count). The van der Waals surface area contributed by atoms with Crippen LogP contribution in [0.1, 0.15) is 32.6 Å². The number of para-hydroxylation sites is 1. The molecule has 2 unspecified atom stereocenters. The summed E-state index contributed by atoms with van der Waals surface area (Å²) in [5.41, 5.74) is 1.75. The van der Waals surface area contributed by atoms with Crippen molar-refractivity contribution in [3.05, 3.63) is 24.3 Å². The second-order valence-corrected chi connectivity index (χ2v) is 6.07. The smallest absolute Gasteiger partial charge is 0.244 e. The van der Waals surface area contributed by atoms with Crippen LogP contribution in [0.3, 0.4) is 0 Å². The van der Waals surface area contributed by atoms with Crippen LogP contribution in [-0.2, 0) is 11.3 Å². The number of amides is 1. The van der Waals surface area contributed by atoms with Gasteiger partial charge >= 0.3 is 0 Å². The van der Waals surface area contributed by atoms with Crippen LogP contribution in [0.2, 0.25) is 0 Å². The fourth-order valence-electron chi connectivity index (χ4n) is 3.33. The van der Waals surface area contributed by atoms with E-state index in [-0.39, 0.29) is 12.5 Å². The van der Waals surface area contributed by atoms with Crippen molar-refractivity contribution in [3.8, 4) is 0 Å². The van der Waals surface area contributed by atoms with Gasteiger partial charge < -0.3 is 4.90 Å². The first-order valence-electron chi connectivity index (χ1n) is 7.70.